The van der Waals surface area contributed by atoms with Gasteiger partial charge in [0.05, 0.1) is 0 Å². The van der Waals surface area contributed by atoms with E-state index in [1.165, 1.54) is 135 Å². The molecular formula is C72H122O6. The fourth-order valence-electron chi connectivity index (χ4n) is 9.06. The molecule has 0 N–H and O–H groups in total. The largest absolute Gasteiger partial charge is 0.462 e. The van der Waals surface area contributed by atoms with Crippen LogP contribution in [-0.4, -0.2) is 37.2 Å². The summed E-state index contributed by atoms with van der Waals surface area (Å²) in [6.07, 6.45) is 89.4. The van der Waals surface area contributed by atoms with Gasteiger partial charge in [-0.05, 0) is 128 Å². The van der Waals surface area contributed by atoms with Crippen LogP contribution < -0.4 is 0 Å². The minimum absolute atomic E-state index is 0.0926. The lowest BCUT2D eigenvalue weighted by atomic mass is 10.1. The second-order valence-corrected chi connectivity index (χ2v) is 21.6. The molecule has 78 heavy (non-hydrogen) atoms. The SMILES string of the molecule is CC/C=C\C/C=C\C/C=C\C/C=C\C/C=C\CCCCCCCC(=O)OCC(COC(=O)CCCCCCCCC/C=C\CCCCCCCCC)OC(=O)CCCCCCCC/C=C\C/C=C\C/C=C\CCCCCCC. The van der Waals surface area contributed by atoms with Crippen molar-refractivity contribution in [3.8, 4) is 0 Å². The zero-order valence-electron chi connectivity index (χ0n) is 51.2. The molecule has 0 amide bonds. The lowest BCUT2D eigenvalue weighted by molar-refractivity contribution is -0.167. The Balaban J connectivity index is 4.47. The number of carbonyl (C=O) groups is 3. The van der Waals surface area contributed by atoms with Crippen molar-refractivity contribution in [3.05, 3.63) is 109 Å². The number of carbonyl (C=O) groups excluding carboxylic acids is 3. The molecule has 0 aromatic carbocycles. The van der Waals surface area contributed by atoms with Crippen molar-refractivity contribution >= 4 is 17.9 Å². The van der Waals surface area contributed by atoms with Crippen molar-refractivity contribution in [2.75, 3.05) is 13.2 Å². The Morgan fingerprint density at radius 1 is 0.269 bits per heavy atom. The van der Waals surface area contributed by atoms with Crippen molar-refractivity contribution in [2.45, 2.75) is 316 Å². The Morgan fingerprint density at radius 3 is 0.795 bits per heavy atom. The smallest absolute Gasteiger partial charge is 0.306 e. The first-order valence-corrected chi connectivity index (χ1v) is 32.9. The molecule has 0 aromatic heterocycles. The van der Waals surface area contributed by atoms with Crippen LogP contribution in [-0.2, 0) is 28.6 Å². The summed E-state index contributed by atoms with van der Waals surface area (Å²) in [6, 6.07) is 0. The average Bonchev–Trinajstić information content (AvgIpc) is 3.44. The topological polar surface area (TPSA) is 78.9 Å². The second kappa shape index (κ2) is 65.6. The van der Waals surface area contributed by atoms with Crippen LogP contribution in [0.4, 0.5) is 0 Å². The number of rotatable bonds is 59. The van der Waals surface area contributed by atoms with Gasteiger partial charge in [-0.3, -0.25) is 14.4 Å². The summed E-state index contributed by atoms with van der Waals surface area (Å²) in [5.74, 6) is -0.920. The Morgan fingerprint density at radius 2 is 0.500 bits per heavy atom. The number of esters is 3. The summed E-state index contributed by atoms with van der Waals surface area (Å²) >= 11 is 0. The molecule has 0 radical (unpaired) electrons. The summed E-state index contributed by atoms with van der Waals surface area (Å²) in [5.41, 5.74) is 0. The van der Waals surface area contributed by atoms with E-state index in [-0.39, 0.29) is 31.1 Å². The second-order valence-electron chi connectivity index (χ2n) is 21.6. The van der Waals surface area contributed by atoms with Crippen molar-refractivity contribution in [1.29, 1.82) is 0 Å². The maximum atomic E-state index is 12.9. The molecule has 0 saturated carbocycles. The Bertz CT molecular complexity index is 1570. The minimum Gasteiger partial charge on any atom is -0.462 e. The first kappa shape index (κ1) is 74.1. The number of ether oxygens (including phenoxy) is 3. The predicted octanol–water partition coefficient (Wildman–Crippen LogP) is 22.6. The van der Waals surface area contributed by atoms with E-state index in [0.717, 1.165) is 135 Å². The third kappa shape index (κ3) is 62.9. The molecule has 0 aliphatic heterocycles. The lowest BCUT2D eigenvalue weighted by Crippen LogP contribution is -2.30. The molecule has 0 bridgehead atoms. The van der Waals surface area contributed by atoms with E-state index in [1.807, 2.05) is 0 Å². The molecule has 1 atom stereocenters. The highest BCUT2D eigenvalue weighted by atomic mass is 16.6. The standard InChI is InChI=1S/C72H122O6/c1-4-7-10-13-16-19-22-25-28-31-34-36-38-41-44-47-50-53-56-59-62-65-71(74)77-68-69(67-76-70(73)64-61-58-55-52-49-46-43-40-33-30-27-24-21-18-15-12-9-6-3)78-72(75)66-63-60-57-54-51-48-45-42-39-37-35-32-29-26-23-20-17-14-11-8-5-2/h7,10,16,19,23,25-26,28,30,32-36,39,41-42,44,69H,4-6,8-9,11-15,17-18,20-22,24,27,29,31,37-38,40,43,45-68H2,1-3H3/b10-7-,19-16-,26-23-,28-25-,33-30-,35-32-,36-34-,42-39-,44-41-. The molecule has 0 heterocycles. The zero-order chi connectivity index (χ0) is 56.4. The number of allylic oxidation sites excluding steroid dienone is 18. The van der Waals surface area contributed by atoms with Crippen LogP contribution in [0.5, 0.6) is 0 Å². The molecule has 6 nitrogen and oxygen atoms in total. The van der Waals surface area contributed by atoms with Crippen LogP contribution in [0.2, 0.25) is 0 Å². The fourth-order valence-corrected chi connectivity index (χ4v) is 9.06. The van der Waals surface area contributed by atoms with Gasteiger partial charge in [-0.2, -0.15) is 0 Å². The van der Waals surface area contributed by atoms with E-state index in [1.54, 1.807) is 0 Å². The van der Waals surface area contributed by atoms with Crippen molar-refractivity contribution in [2.24, 2.45) is 0 Å². The Hall–Kier alpha value is -3.93. The van der Waals surface area contributed by atoms with Gasteiger partial charge < -0.3 is 14.2 Å². The molecule has 0 aliphatic carbocycles. The quantitative estimate of drug-likeness (QED) is 0.0261. The molecule has 446 valence electrons. The maximum absolute atomic E-state index is 12.9. The monoisotopic (exact) mass is 1080 g/mol. The van der Waals surface area contributed by atoms with Crippen LogP contribution in [0.3, 0.4) is 0 Å². The molecule has 0 rings (SSSR count). The molecule has 1 unspecified atom stereocenters. The Kier molecular flexibility index (Phi) is 62.3. The third-order valence-corrected chi connectivity index (χ3v) is 14.0. The van der Waals surface area contributed by atoms with Gasteiger partial charge in [0.15, 0.2) is 6.10 Å². The van der Waals surface area contributed by atoms with Crippen LogP contribution in [0, 0.1) is 0 Å². The van der Waals surface area contributed by atoms with Gasteiger partial charge in [-0.15, -0.1) is 0 Å². The Labute approximate surface area is 482 Å². The van der Waals surface area contributed by atoms with Crippen LogP contribution in [0.1, 0.15) is 310 Å². The van der Waals surface area contributed by atoms with E-state index in [0.29, 0.717) is 19.3 Å². The van der Waals surface area contributed by atoms with Gasteiger partial charge in [0, 0.05) is 19.3 Å². The van der Waals surface area contributed by atoms with Gasteiger partial charge in [0.1, 0.15) is 13.2 Å². The normalized spacial score (nSPS) is 12.8. The van der Waals surface area contributed by atoms with Crippen LogP contribution in [0.15, 0.2) is 109 Å². The summed E-state index contributed by atoms with van der Waals surface area (Å²) in [7, 11) is 0. The molecule has 0 aliphatic rings. The van der Waals surface area contributed by atoms with Crippen molar-refractivity contribution in [3.63, 3.8) is 0 Å². The summed E-state index contributed by atoms with van der Waals surface area (Å²) in [4.78, 5) is 38.4. The first-order valence-electron chi connectivity index (χ1n) is 32.9. The van der Waals surface area contributed by atoms with E-state index in [4.69, 9.17) is 14.2 Å². The van der Waals surface area contributed by atoms with Crippen LogP contribution in [0.25, 0.3) is 0 Å². The minimum atomic E-state index is -0.799. The predicted molar refractivity (Wildman–Crippen MR) is 339 cm³/mol. The molecule has 6 heteroatoms. The molecule has 0 saturated heterocycles. The van der Waals surface area contributed by atoms with Gasteiger partial charge in [-0.25, -0.2) is 0 Å². The van der Waals surface area contributed by atoms with Crippen molar-refractivity contribution in [1.82, 2.24) is 0 Å². The van der Waals surface area contributed by atoms with Gasteiger partial charge >= 0.3 is 17.9 Å². The highest BCUT2D eigenvalue weighted by molar-refractivity contribution is 5.71. The highest BCUT2D eigenvalue weighted by Gasteiger charge is 2.19. The lowest BCUT2D eigenvalue weighted by Gasteiger charge is -2.18. The summed E-state index contributed by atoms with van der Waals surface area (Å²) < 4.78 is 16.9. The van der Waals surface area contributed by atoms with Gasteiger partial charge in [0.25, 0.3) is 0 Å². The number of hydrogen-bond donors (Lipinski definition) is 0. The number of hydrogen-bond acceptors (Lipinski definition) is 6. The van der Waals surface area contributed by atoms with Crippen LogP contribution >= 0.6 is 0 Å². The summed E-state index contributed by atoms with van der Waals surface area (Å²) in [5, 5.41) is 0. The molecule has 0 aromatic rings. The molecule has 0 spiro atoms. The van der Waals surface area contributed by atoms with Gasteiger partial charge in [-0.1, -0.05) is 271 Å². The van der Waals surface area contributed by atoms with E-state index in [9.17, 15) is 14.4 Å². The van der Waals surface area contributed by atoms with Gasteiger partial charge in [0.2, 0.25) is 0 Å². The fraction of sp³-hybridized carbons (Fsp3) is 0.708. The molecular weight excluding hydrogens is 961 g/mol. The zero-order valence-corrected chi connectivity index (χ0v) is 51.2. The maximum Gasteiger partial charge on any atom is 0.306 e. The highest BCUT2D eigenvalue weighted by Crippen LogP contribution is 2.15. The van der Waals surface area contributed by atoms with E-state index >= 15 is 0 Å². The summed E-state index contributed by atoms with van der Waals surface area (Å²) in [6.45, 7) is 6.51. The van der Waals surface area contributed by atoms with Crippen molar-refractivity contribution < 1.29 is 28.6 Å². The first-order chi connectivity index (χ1) is 38.5. The van der Waals surface area contributed by atoms with E-state index in [2.05, 4.69) is 130 Å². The third-order valence-electron chi connectivity index (χ3n) is 14.0. The average molecular weight is 1080 g/mol. The molecule has 0 fully saturated rings. The van der Waals surface area contributed by atoms with E-state index < -0.39 is 6.10 Å². The number of unbranched alkanes of at least 4 members (excludes halogenated alkanes) is 30.